The molecular formula is C17H27FN2S. The zero-order valence-electron chi connectivity index (χ0n) is 13.3. The van der Waals surface area contributed by atoms with E-state index in [1.54, 1.807) is 12.1 Å². The molecule has 1 aromatic carbocycles. The Hall–Kier alpha value is -0.580. The first-order chi connectivity index (χ1) is 10.1. The third-order valence-corrected chi connectivity index (χ3v) is 5.16. The molecule has 1 aromatic rings. The van der Waals surface area contributed by atoms with Crippen molar-refractivity contribution in [1.29, 1.82) is 0 Å². The van der Waals surface area contributed by atoms with E-state index in [1.165, 1.54) is 6.07 Å². The second-order valence-electron chi connectivity index (χ2n) is 5.97. The van der Waals surface area contributed by atoms with Gasteiger partial charge >= 0.3 is 0 Å². The Morgan fingerprint density at radius 3 is 2.67 bits per heavy atom. The van der Waals surface area contributed by atoms with Crippen molar-refractivity contribution in [3.63, 3.8) is 0 Å². The van der Waals surface area contributed by atoms with Crippen molar-refractivity contribution >= 4 is 11.8 Å². The molecule has 0 aromatic heterocycles. The maximum atomic E-state index is 13.4. The van der Waals surface area contributed by atoms with Crippen LogP contribution in [0.15, 0.2) is 24.3 Å². The Labute approximate surface area is 132 Å². The van der Waals surface area contributed by atoms with E-state index in [0.717, 1.165) is 38.2 Å². The summed E-state index contributed by atoms with van der Waals surface area (Å²) < 4.78 is 13.4. The molecule has 3 atom stereocenters. The van der Waals surface area contributed by atoms with Gasteiger partial charge in [0.25, 0.3) is 0 Å². The molecule has 1 heterocycles. The number of nitrogens with zero attached hydrogens (tertiary/aromatic N) is 1. The first-order valence-corrected chi connectivity index (χ1v) is 8.89. The highest BCUT2D eigenvalue weighted by atomic mass is 32.2. The van der Waals surface area contributed by atoms with Crippen LogP contribution in [0.5, 0.6) is 0 Å². The van der Waals surface area contributed by atoms with Gasteiger partial charge in [0.05, 0.1) is 0 Å². The van der Waals surface area contributed by atoms with Gasteiger partial charge in [-0.25, -0.2) is 4.39 Å². The Balaban J connectivity index is 1.94. The fourth-order valence-corrected chi connectivity index (χ4v) is 4.52. The molecule has 1 aliphatic rings. The van der Waals surface area contributed by atoms with Gasteiger partial charge in [-0.1, -0.05) is 32.9 Å². The number of halogens is 1. The fourth-order valence-electron chi connectivity index (χ4n) is 3.13. The lowest BCUT2D eigenvalue weighted by Gasteiger charge is -2.35. The first kappa shape index (κ1) is 16.8. The molecule has 2 rings (SSSR count). The van der Waals surface area contributed by atoms with Crippen LogP contribution in [0.4, 0.5) is 4.39 Å². The normalized spacial score (nSPS) is 25.0. The summed E-state index contributed by atoms with van der Waals surface area (Å²) in [5.41, 5.74) is 1.06. The minimum Gasteiger partial charge on any atom is -0.310 e. The van der Waals surface area contributed by atoms with E-state index in [0.29, 0.717) is 10.5 Å². The molecule has 1 aliphatic heterocycles. The van der Waals surface area contributed by atoms with Crippen molar-refractivity contribution in [2.75, 3.05) is 26.2 Å². The SMILES string of the molecule is CCNC(CCN1CC(C)SC(C)C1)c1cccc(F)c1. The van der Waals surface area contributed by atoms with Gasteiger partial charge in [0.1, 0.15) is 5.82 Å². The minimum absolute atomic E-state index is 0.146. The Bertz CT molecular complexity index is 431. The van der Waals surface area contributed by atoms with Gasteiger partial charge in [0.2, 0.25) is 0 Å². The predicted octanol–water partition coefficient (Wildman–Crippen LogP) is 3.69. The smallest absolute Gasteiger partial charge is 0.123 e. The number of thioether (sulfide) groups is 1. The summed E-state index contributed by atoms with van der Waals surface area (Å²) in [4.78, 5) is 2.55. The van der Waals surface area contributed by atoms with Gasteiger partial charge in [0.15, 0.2) is 0 Å². The van der Waals surface area contributed by atoms with Crippen LogP contribution < -0.4 is 5.32 Å². The monoisotopic (exact) mass is 310 g/mol. The van der Waals surface area contributed by atoms with Crippen molar-refractivity contribution in [3.8, 4) is 0 Å². The lowest BCUT2D eigenvalue weighted by atomic mass is 10.0. The number of nitrogens with one attached hydrogen (secondary N) is 1. The van der Waals surface area contributed by atoms with Crippen LogP contribution in [0.3, 0.4) is 0 Å². The summed E-state index contributed by atoms with van der Waals surface area (Å²) in [6, 6.07) is 7.23. The molecular weight excluding hydrogens is 283 g/mol. The van der Waals surface area contributed by atoms with Crippen LogP contribution >= 0.6 is 11.8 Å². The lowest BCUT2D eigenvalue weighted by molar-refractivity contribution is 0.254. The lowest BCUT2D eigenvalue weighted by Crippen LogP contribution is -2.41. The van der Waals surface area contributed by atoms with Gasteiger partial charge in [-0.05, 0) is 30.7 Å². The highest BCUT2D eigenvalue weighted by Gasteiger charge is 2.23. The molecule has 1 fully saturated rings. The van der Waals surface area contributed by atoms with Gasteiger partial charge in [0, 0.05) is 36.2 Å². The Kier molecular flexibility index (Phi) is 6.52. The third kappa shape index (κ3) is 5.28. The van der Waals surface area contributed by atoms with E-state index in [-0.39, 0.29) is 11.9 Å². The van der Waals surface area contributed by atoms with Gasteiger partial charge in [-0.15, -0.1) is 0 Å². The van der Waals surface area contributed by atoms with Crippen LogP contribution in [0.2, 0.25) is 0 Å². The zero-order valence-corrected chi connectivity index (χ0v) is 14.1. The molecule has 0 amide bonds. The van der Waals surface area contributed by atoms with Crippen molar-refractivity contribution in [1.82, 2.24) is 10.2 Å². The number of hydrogen-bond acceptors (Lipinski definition) is 3. The predicted molar refractivity (Wildman–Crippen MR) is 90.4 cm³/mol. The van der Waals surface area contributed by atoms with E-state index >= 15 is 0 Å². The molecule has 2 nitrogen and oxygen atoms in total. The second kappa shape index (κ2) is 8.16. The number of hydrogen-bond donors (Lipinski definition) is 1. The summed E-state index contributed by atoms with van der Waals surface area (Å²) in [6.07, 6.45) is 1.03. The molecule has 118 valence electrons. The van der Waals surface area contributed by atoms with E-state index in [1.807, 2.05) is 6.07 Å². The van der Waals surface area contributed by atoms with Crippen LogP contribution in [-0.2, 0) is 0 Å². The van der Waals surface area contributed by atoms with Crippen molar-refractivity contribution in [3.05, 3.63) is 35.6 Å². The molecule has 0 radical (unpaired) electrons. The average Bonchev–Trinajstić information content (AvgIpc) is 2.42. The molecule has 1 saturated heterocycles. The highest BCUT2D eigenvalue weighted by molar-refractivity contribution is 8.00. The molecule has 1 N–H and O–H groups in total. The van der Waals surface area contributed by atoms with E-state index < -0.39 is 0 Å². The van der Waals surface area contributed by atoms with Crippen LogP contribution in [0.25, 0.3) is 0 Å². The summed E-state index contributed by atoms with van der Waals surface area (Å²) in [5.74, 6) is -0.146. The fraction of sp³-hybridized carbons (Fsp3) is 0.647. The maximum Gasteiger partial charge on any atom is 0.123 e. The molecule has 0 spiro atoms. The third-order valence-electron chi connectivity index (χ3n) is 3.93. The summed E-state index contributed by atoms with van der Waals surface area (Å²) >= 11 is 2.08. The first-order valence-electron chi connectivity index (χ1n) is 7.95. The highest BCUT2D eigenvalue weighted by Crippen LogP contribution is 2.26. The number of benzene rings is 1. The van der Waals surface area contributed by atoms with Crippen molar-refractivity contribution in [2.24, 2.45) is 0 Å². The quantitative estimate of drug-likeness (QED) is 0.862. The minimum atomic E-state index is -0.146. The summed E-state index contributed by atoms with van der Waals surface area (Å²) in [7, 11) is 0. The van der Waals surface area contributed by atoms with Crippen LogP contribution in [-0.4, -0.2) is 41.6 Å². The Morgan fingerprint density at radius 1 is 1.33 bits per heavy atom. The molecule has 4 heteroatoms. The molecule has 21 heavy (non-hydrogen) atoms. The van der Waals surface area contributed by atoms with Crippen molar-refractivity contribution < 1.29 is 4.39 Å². The zero-order chi connectivity index (χ0) is 15.2. The van der Waals surface area contributed by atoms with Gasteiger partial charge in [-0.3, -0.25) is 0 Å². The molecule has 0 aliphatic carbocycles. The van der Waals surface area contributed by atoms with Gasteiger partial charge in [-0.2, -0.15) is 11.8 Å². The van der Waals surface area contributed by atoms with E-state index in [2.05, 4.69) is 42.7 Å². The summed E-state index contributed by atoms with van der Waals surface area (Å²) in [5, 5.41) is 4.91. The molecule has 0 saturated carbocycles. The largest absolute Gasteiger partial charge is 0.310 e. The topological polar surface area (TPSA) is 15.3 Å². The standard InChI is InChI=1S/C17H27FN2S/c1-4-19-17(15-6-5-7-16(18)10-15)8-9-20-11-13(2)21-14(3)12-20/h5-7,10,13-14,17,19H,4,8-9,11-12H2,1-3H3. The molecule has 0 bridgehead atoms. The second-order valence-corrected chi connectivity index (χ2v) is 7.85. The van der Waals surface area contributed by atoms with Crippen LogP contribution in [0, 0.1) is 5.82 Å². The van der Waals surface area contributed by atoms with Crippen molar-refractivity contribution in [2.45, 2.75) is 43.7 Å². The number of rotatable bonds is 6. The van der Waals surface area contributed by atoms with Crippen LogP contribution in [0.1, 0.15) is 38.8 Å². The van der Waals surface area contributed by atoms with Gasteiger partial charge < -0.3 is 10.2 Å². The Morgan fingerprint density at radius 2 is 2.05 bits per heavy atom. The molecule has 3 unspecified atom stereocenters. The average molecular weight is 310 g/mol. The van der Waals surface area contributed by atoms with E-state index in [4.69, 9.17) is 0 Å². The summed E-state index contributed by atoms with van der Waals surface area (Å²) in [6.45, 7) is 11.0. The maximum absolute atomic E-state index is 13.4. The van der Waals surface area contributed by atoms with E-state index in [9.17, 15) is 4.39 Å².